The summed E-state index contributed by atoms with van der Waals surface area (Å²) in [5, 5.41) is 25.0. The van der Waals surface area contributed by atoms with Gasteiger partial charge in [0.2, 0.25) is 17.7 Å². The average molecular weight is 433 g/mol. The number of carboxylic acid groups (broad SMARTS) is 1. The number of nitrogens with two attached hydrogens (primary N) is 2. The van der Waals surface area contributed by atoms with Crippen LogP contribution in [-0.2, 0) is 25.6 Å². The molecular formula is C20H27N5O6. The zero-order valence-electron chi connectivity index (χ0n) is 17.0. The standard InChI is InChI=1S/C20H27N5O6/c1-10(26)17(25-18(28)13(21)6-7-16(22)27)19(29)24-15(20(30)31)8-11-9-23-14-5-3-2-4-12(11)14/h2-5,9-10,13,15,17,23,26H,6-8,21H2,1H3,(H2,22,27)(H,24,29)(H,25,28)(H,30,31)/t10-,13+,15+,17+/m1/s1. The summed E-state index contributed by atoms with van der Waals surface area (Å²) in [5.41, 5.74) is 12.2. The maximum Gasteiger partial charge on any atom is 0.326 e. The Balaban J connectivity index is 2.08. The van der Waals surface area contributed by atoms with E-state index in [-0.39, 0.29) is 19.3 Å². The number of primary amides is 1. The van der Waals surface area contributed by atoms with Gasteiger partial charge in [-0.3, -0.25) is 14.4 Å². The van der Waals surface area contributed by atoms with Gasteiger partial charge in [-0.2, -0.15) is 0 Å². The second-order valence-corrected chi connectivity index (χ2v) is 7.30. The average Bonchev–Trinajstić information content (AvgIpc) is 3.11. The Labute approximate surface area is 178 Å². The van der Waals surface area contributed by atoms with Crippen LogP contribution in [0.3, 0.4) is 0 Å². The molecule has 31 heavy (non-hydrogen) atoms. The highest BCUT2D eigenvalue weighted by Gasteiger charge is 2.31. The molecule has 1 aromatic carbocycles. The van der Waals surface area contributed by atoms with E-state index in [1.54, 1.807) is 6.20 Å². The summed E-state index contributed by atoms with van der Waals surface area (Å²) in [6.45, 7) is 1.27. The lowest BCUT2D eigenvalue weighted by Crippen LogP contribution is -2.58. The van der Waals surface area contributed by atoms with Crippen molar-refractivity contribution in [2.75, 3.05) is 0 Å². The monoisotopic (exact) mass is 433 g/mol. The van der Waals surface area contributed by atoms with Crippen molar-refractivity contribution >= 4 is 34.6 Å². The minimum atomic E-state index is -1.43. The van der Waals surface area contributed by atoms with Crippen molar-refractivity contribution in [3.63, 3.8) is 0 Å². The summed E-state index contributed by atoms with van der Waals surface area (Å²) in [7, 11) is 0. The highest BCUT2D eigenvalue weighted by atomic mass is 16.4. The number of carboxylic acids is 1. The van der Waals surface area contributed by atoms with Crippen LogP contribution in [0.2, 0.25) is 0 Å². The molecule has 11 nitrogen and oxygen atoms in total. The zero-order chi connectivity index (χ0) is 23.1. The molecule has 3 amide bonds. The molecule has 0 saturated heterocycles. The van der Waals surface area contributed by atoms with E-state index < -0.39 is 47.9 Å². The van der Waals surface area contributed by atoms with Gasteiger partial charge in [0.15, 0.2) is 0 Å². The van der Waals surface area contributed by atoms with Gasteiger partial charge in [-0.15, -0.1) is 0 Å². The van der Waals surface area contributed by atoms with E-state index in [4.69, 9.17) is 11.5 Å². The Morgan fingerprint density at radius 3 is 2.42 bits per heavy atom. The van der Waals surface area contributed by atoms with Gasteiger partial charge in [0.25, 0.3) is 0 Å². The number of H-pyrrole nitrogens is 1. The third kappa shape index (κ3) is 6.52. The number of aromatic amines is 1. The highest BCUT2D eigenvalue weighted by molar-refractivity contribution is 5.92. The summed E-state index contributed by atoms with van der Waals surface area (Å²) < 4.78 is 0. The zero-order valence-corrected chi connectivity index (χ0v) is 17.0. The van der Waals surface area contributed by atoms with Gasteiger partial charge in [-0.25, -0.2) is 4.79 Å². The molecule has 0 saturated carbocycles. The van der Waals surface area contributed by atoms with Crippen molar-refractivity contribution < 1.29 is 29.4 Å². The van der Waals surface area contributed by atoms with E-state index in [1.807, 2.05) is 24.3 Å². The van der Waals surface area contributed by atoms with Crippen molar-refractivity contribution in [2.24, 2.45) is 11.5 Å². The summed E-state index contributed by atoms with van der Waals surface area (Å²) in [4.78, 5) is 50.4. The van der Waals surface area contributed by atoms with Crippen molar-refractivity contribution in [3.05, 3.63) is 36.0 Å². The lowest BCUT2D eigenvalue weighted by molar-refractivity contribution is -0.142. The maximum atomic E-state index is 12.6. The fourth-order valence-corrected chi connectivity index (χ4v) is 3.08. The minimum absolute atomic E-state index is 0.0102. The molecule has 11 heteroatoms. The summed E-state index contributed by atoms with van der Waals surface area (Å²) in [5.74, 6) is -3.55. The Morgan fingerprint density at radius 2 is 1.81 bits per heavy atom. The van der Waals surface area contributed by atoms with E-state index >= 15 is 0 Å². The molecule has 9 N–H and O–H groups in total. The minimum Gasteiger partial charge on any atom is -0.480 e. The van der Waals surface area contributed by atoms with E-state index in [1.165, 1.54) is 6.92 Å². The second kappa shape index (κ2) is 10.5. The van der Waals surface area contributed by atoms with Gasteiger partial charge in [-0.05, 0) is 25.0 Å². The van der Waals surface area contributed by atoms with Crippen molar-refractivity contribution in [1.82, 2.24) is 15.6 Å². The lowest BCUT2D eigenvalue weighted by atomic mass is 10.0. The number of nitrogens with one attached hydrogen (secondary N) is 3. The van der Waals surface area contributed by atoms with Crippen LogP contribution in [0.1, 0.15) is 25.3 Å². The first kappa shape index (κ1) is 23.8. The molecule has 0 bridgehead atoms. The quantitative estimate of drug-likeness (QED) is 0.229. The molecule has 0 aliphatic carbocycles. The molecule has 0 spiro atoms. The molecule has 1 heterocycles. The summed E-state index contributed by atoms with van der Waals surface area (Å²) in [6.07, 6.45) is 0.177. The highest BCUT2D eigenvalue weighted by Crippen LogP contribution is 2.19. The van der Waals surface area contributed by atoms with Gasteiger partial charge in [0.1, 0.15) is 12.1 Å². The number of benzene rings is 1. The van der Waals surface area contributed by atoms with Crippen molar-refractivity contribution in [3.8, 4) is 0 Å². The van der Waals surface area contributed by atoms with Crippen LogP contribution in [0.5, 0.6) is 0 Å². The number of aliphatic carboxylic acids is 1. The van der Waals surface area contributed by atoms with E-state index in [0.29, 0.717) is 5.56 Å². The first-order valence-corrected chi connectivity index (χ1v) is 9.70. The third-order valence-corrected chi connectivity index (χ3v) is 4.81. The van der Waals surface area contributed by atoms with Gasteiger partial charge >= 0.3 is 5.97 Å². The van der Waals surface area contributed by atoms with E-state index in [0.717, 1.165) is 10.9 Å². The number of para-hydroxylation sites is 1. The number of amides is 3. The SMILES string of the molecule is C[C@@H](O)[C@H](NC(=O)[C@@H](N)CCC(N)=O)C(=O)N[C@@H](Cc1c[nH]c2ccccc12)C(=O)O. The Hall–Kier alpha value is -3.44. The Morgan fingerprint density at radius 1 is 1.13 bits per heavy atom. The number of fused-ring (bicyclic) bond motifs is 1. The molecule has 1 aromatic heterocycles. The first-order chi connectivity index (χ1) is 14.6. The maximum absolute atomic E-state index is 12.6. The Bertz CT molecular complexity index is 956. The number of carbonyl (C=O) groups is 4. The number of aliphatic hydroxyl groups is 1. The van der Waals surface area contributed by atoms with Crippen LogP contribution < -0.4 is 22.1 Å². The fourth-order valence-electron chi connectivity index (χ4n) is 3.08. The number of aromatic nitrogens is 1. The molecule has 0 unspecified atom stereocenters. The number of hydrogen-bond acceptors (Lipinski definition) is 6. The number of hydrogen-bond donors (Lipinski definition) is 7. The summed E-state index contributed by atoms with van der Waals surface area (Å²) >= 11 is 0. The molecule has 0 aliphatic heterocycles. The topological polar surface area (TPSA) is 201 Å². The van der Waals surface area contributed by atoms with Gasteiger partial charge < -0.3 is 37.3 Å². The molecule has 4 atom stereocenters. The molecule has 0 fully saturated rings. The third-order valence-electron chi connectivity index (χ3n) is 4.81. The van der Waals surface area contributed by atoms with E-state index in [2.05, 4.69) is 15.6 Å². The van der Waals surface area contributed by atoms with Crippen LogP contribution in [0.4, 0.5) is 0 Å². The normalized spacial score (nSPS) is 14.9. The molecule has 0 radical (unpaired) electrons. The molecular weight excluding hydrogens is 406 g/mol. The van der Waals surface area contributed by atoms with Gasteiger partial charge in [0, 0.05) is 29.9 Å². The van der Waals surface area contributed by atoms with Gasteiger partial charge in [0.05, 0.1) is 12.1 Å². The smallest absolute Gasteiger partial charge is 0.326 e. The summed E-state index contributed by atoms with van der Waals surface area (Å²) in [6, 6.07) is 3.47. The lowest BCUT2D eigenvalue weighted by Gasteiger charge is -2.24. The molecule has 0 aliphatic rings. The van der Waals surface area contributed by atoms with Crippen LogP contribution in [-0.4, -0.2) is 63.1 Å². The van der Waals surface area contributed by atoms with Crippen LogP contribution in [0, 0.1) is 0 Å². The molecule has 168 valence electrons. The van der Waals surface area contributed by atoms with Crippen LogP contribution in [0.25, 0.3) is 10.9 Å². The fraction of sp³-hybridized carbons (Fsp3) is 0.400. The van der Waals surface area contributed by atoms with Crippen molar-refractivity contribution in [2.45, 2.75) is 50.4 Å². The van der Waals surface area contributed by atoms with E-state index in [9.17, 15) is 29.4 Å². The number of rotatable bonds is 11. The first-order valence-electron chi connectivity index (χ1n) is 9.70. The van der Waals surface area contributed by atoms with Crippen LogP contribution in [0.15, 0.2) is 30.5 Å². The number of aliphatic hydroxyl groups excluding tert-OH is 1. The number of carbonyl (C=O) groups excluding carboxylic acids is 3. The molecule has 2 aromatic rings. The largest absolute Gasteiger partial charge is 0.480 e. The predicted molar refractivity (Wildman–Crippen MR) is 112 cm³/mol. The molecule has 2 rings (SSSR count). The predicted octanol–water partition coefficient (Wildman–Crippen LogP) is -1.26. The Kier molecular flexibility index (Phi) is 8.11. The van der Waals surface area contributed by atoms with Gasteiger partial charge in [-0.1, -0.05) is 18.2 Å². The second-order valence-electron chi connectivity index (χ2n) is 7.30. The van der Waals surface area contributed by atoms with Crippen LogP contribution >= 0.6 is 0 Å². The van der Waals surface area contributed by atoms with Crippen molar-refractivity contribution in [1.29, 1.82) is 0 Å².